The molecule has 2 rings (SSSR count). The van der Waals surface area contributed by atoms with Crippen molar-refractivity contribution in [3.05, 3.63) is 35.9 Å². The minimum absolute atomic E-state index is 0. The van der Waals surface area contributed by atoms with Gasteiger partial charge in [0.05, 0.1) is 6.61 Å². The highest BCUT2D eigenvalue weighted by molar-refractivity contribution is 14.0. The molecule has 0 saturated heterocycles. The molecule has 0 spiro atoms. The number of nitrogens with one attached hydrogen (secondary N) is 2. The average Bonchev–Trinajstić information content (AvgIpc) is 2.59. The van der Waals surface area contributed by atoms with E-state index in [0.29, 0.717) is 6.61 Å². The fourth-order valence-electron chi connectivity index (χ4n) is 3.16. The zero-order valence-corrected chi connectivity index (χ0v) is 16.6. The van der Waals surface area contributed by atoms with E-state index in [1.807, 2.05) is 7.05 Å². The SMILES string of the molecule is CN=C(NCCOC)NCC1CCC(c2ccccc2)CC1.I. The van der Waals surface area contributed by atoms with Crippen molar-refractivity contribution in [1.29, 1.82) is 0 Å². The zero-order valence-electron chi connectivity index (χ0n) is 14.3. The van der Waals surface area contributed by atoms with Crippen LogP contribution in [-0.2, 0) is 4.74 Å². The van der Waals surface area contributed by atoms with Crippen molar-refractivity contribution < 1.29 is 4.74 Å². The lowest BCUT2D eigenvalue weighted by atomic mass is 9.79. The zero-order chi connectivity index (χ0) is 15.6. The molecule has 1 aromatic carbocycles. The van der Waals surface area contributed by atoms with Crippen molar-refractivity contribution in [2.75, 3.05) is 33.9 Å². The van der Waals surface area contributed by atoms with Crippen LogP contribution >= 0.6 is 24.0 Å². The molecular weight excluding hydrogens is 401 g/mol. The van der Waals surface area contributed by atoms with Crippen molar-refractivity contribution >= 4 is 29.9 Å². The van der Waals surface area contributed by atoms with Crippen LogP contribution in [0.4, 0.5) is 0 Å². The molecule has 2 N–H and O–H groups in total. The van der Waals surface area contributed by atoms with Gasteiger partial charge in [0.15, 0.2) is 5.96 Å². The number of ether oxygens (including phenoxy) is 1. The van der Waals surface area contributed by atoms with Gasteiger partial charge in [-0.25, -0.2) is 0 Å². The predicted octanol–water partition coefficient (Wildman–Crippen LogP) is 3.39. The molecule has 0 radical (unpaired) electrons. The maximum Gasteiger partial charge on any atom is 0.191 e. The van der Waals surface area contributed by atoms with Crippen LogP contribution < -0.4 is 10.6 Å². The number of hydrogen-bond acceptors (Lipinski definition) is 2. The number of nitrogens with zero attached hydrogens (tertiary/aromatic N) is 1. The van der Waals surface area contributed by atoms with Gasteiger partial charge in [0.2, 0.25) is 0 Å². The Kier molecular flexibility index (Phi) is 10.3. The van der Waals surface area contributed by atoms with Crippen LogP contribution in [0.25, 0.3) is 0 Å². The second kappa shape index (κ2) is 11.7. The molecule has 0 aromatic heterocycles. The summed E-state index contributed by atoms with van der Waals surface area (Å²) in [6.45, 7) is 2.49. The minimum Gasteiger partial charge on any atom is -0.383 e. The molecule has 130 valence electrons. The maximum absolute atomic E-state index is 5.04. The minimum atomic E-state index is 0. The van der Waals surface area contributed by atoms with Crippen molar-refractivity contribution in [2.24, 2.45) is 10.9 Å². The molecule has 1 fully saturated rings. The van der Waals surface area contributed by atoms with E-state index in [4.69, 9.17) is 4.74 Å². The van der Waals surface area contributed by atoms with Gasteiger partial charge in [-0.05, 0) is 43.1 Å². The molecule has 1 aliphatic rings. The van der Waals surface area contributed by atoms with Gasteiger partial charge in [-0.2, -0.15) is 0 Å². The highest BCUT2D eigenvalue weighted by Crippen LogP contribution is 2.35. The molecule has 4 nitrogen and oxygen atoms in total. The number of aliphatic imine (C=N–C) groups is 1. The molecule has 0 bridgehead atoms. The summed E-state index contributed by atoms with van der Waals surface area (Å²) < 4.78 is 5.04. The molecule has 0 amide bonds. The summed E-state index contributed by atoms with van der Waals surface area (Å²) >= 11 is 0. The van der Waals surface area contributed by atoms with Crippen LogP contribution in [0.1, 0.15) is 37.2 Å². The molecular formula is C18H30IN3O. The van der Waals surface area contributed by atoms with Gasteiger partial charge in [0, 0.05) is 27.2 Å². The lowest BCUT2D eigenvalue weighted by molar-refractivity contribution is 0.203. The van der Waals surface area contributed by atoms with Crippen molar-refractivity contribution in [3.8, 4) is 0 Å². The van der Waals surface area contributed by atoms with Crippen molar-refractivity contribution in [1.82, 2.24) is 10.6 Å². The summed E-state index contributed by atoms with van der Waals surface area (Å²) in [5.41, 5.74) is 1.51. The number of methoxy groups -OCH3 is 1. The fraction of sp³-hybridized carbons (Fsp3) is 0.611. The normalized spacial score (nSPS) is 21.4. The second-order valence-corrected chi connectivity index (χ2v) is 6.00. The lowest BCUT2D eigenvalue weighted by Gasteiger charge is -2.29. The summed E-state index contributed by atoms with van der Waals surface area (Å²) in [4.78, 5) is 4.25. The van der Waals surface area contributed by atoms with Gasteiger partial charge < -0.3 is 15.4 Å². The summed E-state index contributed by atoms with van der Waals surface area (Å²) in [6.07, 6.45) is 5.18. The fourth-order valence-corrected chi connectivity index (χ4v) is 3.16. The van der Waals surface area contributed by atoms with E-state index in [0.717, 1.165) is 30.9 Å². The predicted molar refractivity (Wildman–Crippen MR) is 108 cm³/mol. The Balaban J connectivity index is 0.00000264. The Morgan fingerprint density at radius 1 is 1.13 bits per heavy atom. The van der Waals surface area contributed by atoms with Gasteiger partial charge in [-0.3, -0.25) is 4.99 Å². The molecule has 1 aliphatic carbocycles. The summed E-state index contributed by atoms with van der Waals surface area (Å²) in [5.74, 6) is 2.37. The Morgan fingerprint density at radius 2 is 1.83 bits per heavy atom. The molecule has 0 heterocycles. The summed E-state index contributed by atoms with van der Waals surface area (Å²) in [5, 5.41) is 6.69. The van der Waals surface area contributed by atoms with E-state index >= 15 is 0 Å². The Bertz CT molecular complexity index is 445. The van der Waals surface area contributed by atoms with E-state index in [1.165, 1.54) is 31.2 Å². The average molecular weight is 431 g/mol. The molecule has 5 heteroatoms. The highest BCUT2D eigenvalue weighted by atomic mass is 127. The van der Waals surface area contributed by atoms with E-state index in [1.54, 1.807) is 7.11 Å². The highest BCUT2D eigenvalue weighted by Gasteiger charge is 2.22. The van der Waals surface area contributed by atoms with Gasteiger partial charge in [0.1, 0.15) is 0 Å². The topological polar surface area (TPSA) is 45.7 Å². The number of hydrogen-bond donors (Lipinski definition) is 2. The first kappa shape index (κ1) is 20.2. The largest absolute Gasteiger partial charge is 0.383 e. The molecule has 23 heavy (non-hydrogen) atoms. The number of guanidine groups is 1. The van der Waals surface area contributed by atoms with E-state index in [-0.39, 0.29) is 24.0 Å². The van der Waals surface area contributed by atoms with Gasteiger partial charge in [-0.15, -0.1) is 24.0 Å². The van der Waals surface area contributed by atoms with Crippen LogP contribution in [0, 0.1) is 5.92 Å². The third-order valence-corrected chi connectivity index (χ3v) is 4.50. The van der Waals surface area contributed by atoms with E-state index < -0.39 is 0 Å². The Hall–Kier alpha value is -0.820. The number of benzene rings is 1. The third-order valence-electron chi connectivity index (χ3n) is 4.50. The van der Waals surface area contributed by atoms with E-state index in [2.05, 4.69) is 46.0 Å². The first-order valence-electron chi connectivity index (χ1n) is 8.32. The van der Waals surface area contributed by atoms with Crippen LogP contribution in [0.3, 0.4) is 0 Å². The first-order chi connectivity index (χ1) is 10.8. The summed E-state index contributed by atoms with van der Waals surface area (Å²) in [6, 6.07) is 10.9. The Labute approximate surface area is 157 Å². The smallest absolute Gasteiger partial charge is 0.191 e. The van der Waals surface area contributed by atoms with Crippen LogP contribution in [0.2, 0.25) is 0 Å². The maximum atomic E-state index is 5.04. The quantitative estimate of drug-likeness (QED) is 0.314. The number of halogens is 1. The van der Waals surface area contributed by atoms with Crippen LogP contribution in [-0.4, -0.2) is 39.8 Å². The summed E-state index contributed by atoms with van der Waals surface area (Å²) in [7, 11) is 3.53. The third kappa shape index (κ3) is 7.08. The van der Waals surface area contributed by atoms with Crippen molar-refractivity contribution in [3.63, 3.8) is 0 Å². The molecule has 1 aromatic rings. The van der Waals surface area contributed by atoms with Gasteiger partial charge in [-0.1, -0.05) is 30.3 Å². The standard InChI is InChI=1S/C18H29N3O.HI/c1-19-18(20-12-13-22-2)21-14-15-8-10-17(11-9-15)16-6-4-3-5-7-16;/h3-7,15,17H,8-14H2,1-2H3,(H2,19,20,21);1H. The molecule has 0 unspecified atom stereocenters. The van der Waals surface area contributed by atoms with Gasteiger partial charge >= 0.3 is 0 Å². The van der Waals surface area contributed by atoms with Crippen LogP contribution in [0.5, 0.6) is 0 Å². The van der Waals surface area contributed by atoms with Gasteiger partial charge in [0.25, 0.3) is 0 Å². The molecule has 1 saturated carbocycles. The Morgan fingerprint density at radius 3 is 2.43 bits per heavy atom. The lowest BCUT2D eigenvalue weighted by Crippen LogP contribution is -2.41. The van der Waals surface area contributed by atoms with E-state index in [9.17, 15) is 0 Å². The first-order valence-corrected chi connectivity index (χ1v) is 8.32. The molecule has 0 aliphatic heterocycles. The van der Waals surface area contributed by atoms with Crippen LogP contribution in [0.15, 0.2) is 35.3 Å². The monoisotopic (exact) mass is 431 g/mol. The number of rotatable bonds is 6. The molecule has 0 atom stereocenters. The van der Waals surface area contributed by atoms with Crippen molar-refractivity contribution in [2.45, 2.75) is 31.6 Å². The second-order valence-electron chi connectivity index (χ2n) is 6.00.